The lowest BCUT2D eigenvalue weighted by Crippen LogP contribution is -2.57. The number of carbonyl (C=O) groups is 2. The maximum absolute atomic E-state index is 13.8. The van der Waals surface area contributed by atoms with E-state index in [1.54, 1.807) is 6.20 Å². The molecule has 1 aromatic carbocycles. The number of nitrogens with zero attached hydrogens (tertiary/aromatic N) is 3. The van der Waals surface area contributed by atoms with Gasteiger partial charge in [0, 0.05) is 25.5 Å². The van der Waals surface area contributed by atoms with Crippen molar-refractivity contribution in [3.63, 3.8) is 0 Å². The summed E-state index contributed by atoms with van der Waals surface area (Å²) in [6.45, 7) is 1.21. The number of likely N-dealkylation sites (tertiary alicyclic amines) is 1. The zero-order valence-electron chi connectivity index (χ0n) is 18.6. The first kappa shape index (κ1) is 20.0. The Bertz CT molecular complexity index is 962. The molecule has 1 atom stereocenters. The van der Waals surface area contributed by atoms with Crippen LogP contribution in [0.25, 0.3) is 5.69 Å². The molecule has 6 heteroatoms. The second-order valence-corrected chi connectivity index (χ2v) is 10.7. The van der Waals surface area contributed by atoms with Crippen LogP contribution >= 0.6 is 0 Å². The Morgan fingerprint density at radius 1 is 1.03 bits per heavy atom. The highest BCUT2D eigenvalue weighted by Crippen LogP contribution is 2.60. The van der Waals surface area contributed by atoms with E-state index in [2.05, 4.69) is 10.4 Å². The number of benzene rings is 1. The number of hydrogen-bond donors (Lipinski definition) is 1. The first-order valence-electron chi connectivity index (χ1n) is 12.3. The molecule has 4 aliphatic carbocycles. The molecule has 4 saturated carbocycles. The Morgan fingerprint density at radius 2 is 1.72 bits per heavy atom. The standard InChI is InChI=1S/C26H32N4O2/c31-24(27-17-18-4-6-22(7-5-18)30-10-2-8-28-30)23-3-1-9-29(23)25(32)26-14-19-11-20(15-26)13-21(12-19)16-26/h2,4-8,10,19-21,23H,1,3,9,11-17H2,(H,27,31). The van der Waals surface area contributed by atoms with Crippen LogP contribution in [0.1, 0.15) is 56.9 Å². The first-order valence-corrected chi connectivity index (χ1v) is 12.3. The molecule has 2 amide bonds. The van der Waals surface area contributed by atoms with E-state index in [4.69, 9.17) is 0 Å². The lowest BCUT2D eigenvalue weighted by Gasteiger charge is -2.56. The largest absolute Gasteiger partial charge is 0.350 e. The first-order chi connectivity index (χ1) is 15.6. The van der Waals surface area contributed by atoms with Crippen molar-refractivity contribution in [3.05, 3.63) is 48.3 Å². The smallest absolute Gasteiger partial charge is 0.243 e. The number of carbonyl (C=O) groups excluding carboxylic acids is 2. The van der Waals surface area contributed by atoms with Gasteiger partial charge in [-0.2, -0.15) is 5.10 Å². The summed E-state index contributed by atoms with van der Waals surface area (Å²) < 4.78 is 1.81. The van der Waals surface area contributed by atoms with Gasteiger partial charge >= 0.3 is 0 Å². The van der Waals surface area contributed by atoms with Gasteiger partial charge in [-0.3, -0.25) is 9.59 Å². The van der Waals surface area contributed by atoms with Crippen molar-refractivity contribution in [1.82, 2.24) is 20.0 Å². The number of amides is 2. The SMILES string of the molecule is O=C(NCc1ccc(-n2cccn2)cc1)C1CCCN1C(=O)C12CC3CC(CC(C3)C1)C2. The third-order valence-corrected chi connectivity index (χ3v) is 8.48. The monoisotopic (exact) mass is 432 g/mol. The Kier molecular flexibility index (Phi) is 4.85. The summed E-state index contributed by atoms with van der Waals surface area (Å²) in [6.07, 6.45) is 12.5. The van der Waals surface area contributed by atoms with Gasteiger partial charge in [0.05, 0.1) is 11.1 Å². The fourth-order valence-corrected chi connectivity index (χ4v) is 7.45. The predicted molar refractivity (Wildman–Crippen MR) is 121 cm³/mol. The van der Waals surface area contributed by atoms with Crippen LogP contribution in [0.3, 0.4) is 0 Å². The van der Waals surface area contributed by atoms with Gasteiger partial charge in [-0.15, -0.1) is 0 Å². The number of rotatable bonds is 5. The van der Waals surface area contributed by atoms with Crippen molar-refractivity contribution in [2.24, 2.45) is 23.2 Å². The summed E-state index contributed by atoms with van der Waals surface area (Å²) in [4.78, 5) is 28.8. The van der Waals surface area contributed by atoms with Crippen molar-refractivity contribution >= 4 is 11.8 Å². The lowest BCUT2D eigenvalue weighted by molar-refractivity contribution is -0.160. The molecular formula is C26H32N4O2. The lowest BCUT2D eigenvalue weighted by atomic mass is 9.49. The van der Waals surface area contributed by atoms with Crippen LogP contribution in [-0.2, 0) is 16.1 Å². The molecular weight excluding hydrogens is 400 g/mol. The van der Waals surface area contributed by atoms with E-state index in [1.807, 2.05) is 46.1 Å². The Balaban J connectivity index is 1.10. The van der Waals surface area contributed by atoms with E-state index in [-0.39, 0.29) is 23.3 Å². The molecule has 1 saturated heterocycles. The van der Waals surface area contributed by atoms with Crippen LogP contribution < -0.4 is 5.32 Å². The minimum Gasteiger partial charge on any atom is -0.350 e. The zero-order chi connectivity index (χ0) is 21.7. The molecule has 1 unspecified atom stereocenters. The highest BCUT2D eigenvalue weighted by molar-refractivity contribution is 5.91. The molecule has 6 nitrogen and oxygen atoms in total. The minimum atomic E-state index is -0.307. The average molecular weight is 433 g/mol. The van der Waals surface area contributed by atoms with Gasteiger partial charge in [0.15, 0.2) is 0 Å². The van der Waals surface area contributed by atoms with E-state index in [0.717, 1.165) is 67.7 Å². The van der Waals surface area contributed by atoms with Gasteiger partial charge in [-0.05, 0) is 92.9 Å². The van der Waals surface area contributed by atoms with Gasteiger partial charge in [0.2, 0.25) is 11.8 Å². The molecule has 5 fully saturated rings. The molecule has 4 bridgehead atoms. The second kappa shape index (κ2) is 7.75. The summed E-state index contributed by atoms with van der Waals surface area (Å²) in [7, 11) is 0. The minimum absolute atomic E-state index is 0.00303. The van der Waals surface area contributed by atoms with E-state index in [0.29, 0.717) is 6.54 Å². The van der Waals surface area contributed by atoms with Gasteiger partial charge in [-0.25, -0.2) is 4.68 Å². The van der Waals surface area contributed by atoms with Crippen molar-refractivity contribution < 1.29 is 9.59 Å². The summed E-state index contributed by atoms with van der Waals surface area (Å²) in [5, 5.41) is 7.34. The third kappa shape index (κ3) is 3.44. The summed E-state index contributed by atoms with van der Waals surface area (Å²) in [6, 6.07) is 9.64. The van der Waals surface area contributed by atoms with Gasteiger partial charge in [-0.1, -0.05) is 12.1 Å². The summed E-state index contributed by atoms with van der Waals surface area (Å²) in [5.41, 5.74) is 1.87. The maximum Gasteiger partial charge on any atom is 0.243 e. The van der Waals surface area contributed by atoms with Gasteiger partial charge < -0.3 is 10.2 Å². The number of hydrogen-bond acceptors (Lipinski definition) is 3. The molecule has 168 valence electrons. The summed E-state index contributed by atoms with van der Waals surface area (Å²) in [5.74, 6) is 2.51. The molecule has 1 aliphatic heterocycles. The Labute approximate surface area is 189 Å². The highest BCUT2D eigenvalue weighted by atomic mass is 16.2. The molecule has 0 radical (unpaired) electrons. The Morgan fingerprint density at radius 3 is 2.34 bits per heavy atom. The van der Waals surface area contributed by atoms with Crippen molar-refractivity contribution in [1.29, 1.82) is 0 Å². The van der Waals surface area contributed by atoms with Crippen molar-refractivity contribution in [3.8, 4) is 5.69 Å². The van der Waals surface area contributed by atoms with Gasteiger partial charge in [0.1, 0.15) is 6.04 Å². The average Bonchev–Trinajstić information content (AvgIpc) is 3.49. The summed E-state index contributed by atoms with van der Waals surface area (Å²) >= 11 is 0. The fraction of sp³-hybridized carbons (Fsp3) is 0.577. The van der Waals surface area contributed by atoms with E-state index >= 15 is 0 Å². The van der Waals surface area contributed by atoms with Crippen molar-refractivity contribution in [2.45, 2.75) is 64.0 Å². The molecule has 1 aromatic heterocycles. The quantitative estimate of drug-likeness (QED) is 0.784. The van der Waals surface area contributed by atoms with E-state index in [1.165, 1.54) is 19.3 Å². The zero-order valence-corrected chi connectivity index (χ0v) is 18.6. The van der Waals surface area contributed by atoms with Gasteiger partial charge in [0.25, 0.3) is 0 Å². The molecule has 7 rings (SSSR count). The Hall–Kier alpha value is -2.63. The van der Waals surface area contributed by atoms with Crippen LogP contribution in [0, 0.1) is 23.2 Å². The molecule has 5 aliphatic rings. The third-order valence-electron chi connectivity index (χ3n) is 8.48. The van der Waals surface area contributed by atoms with Crippen LogP contribution in [0.4, 0.5) is 0 Å². The van der Waals surface area contributed by atoms with E-state index in [9.17, 15) is 9.59 Å². The molecule has 2 heterocycles. The topological polar surface area (TPSA) is 67.2 Å². The second-order valence-electron chi connectivity index (χ2n) is 10.7. The fourth-order valence-electron chi connectivity index (χ4n) is 7.45. The number of aromatic nitrogens is 2. The molecule has 32 heavy (non-hydrogen) atoms. The highest BCUT2D eigenvalue weighted by Gasteiger charge is 2.56. The van der Waals surface area contributed by atoms with Crippen LogP contribution in [-0.4, -0.2) is 39.1 Å². The van der Waals surface area contributed by atoms with E-state index < -0.39 is 0 Å². The maximum atomic E-state index is 13.8. The van der Waals surface area contributed by atoms with Crippen LogP contribution in [0.15, 0.2) is 42.7 Å². The predicted octanol–water partition coefficient (Wildman–Crippen LogP) is 3.70. The molecule has 1 N–H and O–H groups in total. The van der Waals surface area contributed by atoms with Crippen molar-refractivity contribution in [2.75, 3.05) is 6.54 Å². The normalized spacial score (nSPS) is 32.9. The molecule has 2 aromatic rings. The van der Waals surface area contributed by atoms with Crippen LogP contribution in [0.2, 0.25) is 0 Å². The van der Waals surface area contributed by atoms with Crippen LogP contribution in [0.5, 0.6) is 0 Å². The molecule has 0 spiro atoms. The number of nitrogens with one attached hydrogen (secondary N) is 1.